The first-order valence-electron chi connectivity index (χ1n) is 6.56. The summed E-state index contributed by atoms with van der Waals surface area (Å²) in [5, 5.41) is 2.78. The molecule has 0 saturated heterocycles. The summed E-state index contributed by atoms with van der Waals surface area (Å²) in [6, 6.07) is 14.1. The SMILES string of the molecule is CC.CC(=O)NCc1ccc(-[n+]2ccccc2)cc1. The molecule has 0 aliphatic heterocycles. The zero-order valence-electron chi connectivity index (χ0n) is 11.8. The van der Waals surface area contributed by atoms with E-state index in [2.05, 4.69) is 5.32 Å². The molecule has 3 nitrogen and oxygen atoms in total. The first-order chi connectivity index (χ1) is 9.25. The van der Waals surface area contributed by atoms with Gasteiger partial charge in [-0.2, -0.15) is 4.57 Å². The largest absolute Gasteiger partial charge is 0.352 e. The van der Waals surface area contributed by atoms with Gasteiger partial charge in [0.2, 0.25) is 11.6 Å². The van der Waals surface area contributed by atoms with Crippen LogP contribution in [0.5, 0.6) is 0 Å². The molecule has 1 heterocycles. The third kappa shape index (κ3) is 4.92. The zero-order chi connectivity index (χ0) is 14.1. The Bertz CT molecular complexity index is 492. The Kier molecular flexibility index (Phi) is 6.30. The quantitative estimate of drug-likeness (QED) is 0.842. The molecule has 1 amide bonds. The van der Waals surface area contributed by atoms with Gasteiger partial charge in [0.25, 0.3) is 0 Å². The number of nitrogens with zero attached hydrogens (tertiary/aromatic N) is 1. The van der Waals surface area contributed by atoms with Crippen LogP contribution in [0.2, 0.25) is 0 Å². The summed E-state index contributed by atoms with van der Waals surface area (Å²) in [4.78, 5) is 10.8. The predicted molar refractivity (Wildman–Crippen MR) is 76.8 cm³/mol. The van der Waals surface area contributed by atoms with Gasteiger partial charge in [-0.25, -0.2) is 0 Å². The Morgan fingerprint density at radius 3 is 2.16 bits per heavy atom. The van der Waals surface area contributed by atoms with Crippen molar-refractivity contribution in [1.82, 2.24) is 5.32 Å². The zero-order valence-corrected chi connectivity index (χ0v) is 11.8. The van der Waals surface area contributed by atoms with Crippen LogP contribution in [0.4, 0.5) is 0 Å². The standard InChI is InChI=1S/C14H14N2O.C2H6/c1-12(17)15-11-13-5-7-14(8-6-13)16-9-3-2-4-10-16;1-2/h2-10H,11H2,1H3;1-2H3/p+1. The maximum Gasteiger partial charge on any atom is 0.217 e. The van der Waals surface area contributed by atoms with E-state index < -0.39 is 0 Å². The fraction of sp³-hybridized carbons (Fsp3) is 0.250. The van der Waals surface area contributed by atoms with Gasteiger partial charge >= 0.3 is 0 Å². The fourth-order valence-corrected chi connectivity index (χ4v) is 1.58. The molecule has 0 unspecified atom stereocenters. The molecule has 2 rings (SSSR count). The third-order valence-electron chi connectivity index (χ3n) is 2.49. The minimum absolute atomic E-state index is 0.00786. The molecule has 1 N–H and O–H groups in total. The van der Waals surface area contributed by atoms with Gasteiger partial charge in [0.1, 0.15) is 0 Å². The van der Waals surface area contributed by atoms with Crippen molar-refractivity contribution in [3.63, 3.8) is 0 Å². The second kappa shape index (κ2) is 8.03. The van der Waals surface area contributed by atoms with E-state index in [0.29, 0.717) is 6.54 Å². The molecule has 1 aromatic carbocycles. The number of carbonyl (C=O) groups excluding carboxylic acids is 1. The van der Waals surface area contributed by atoms with Crippen LogP contribution in [0.15, 0.2) is 54.9 Å². The summed E-state index contributed by atoms with van der Waals surface area (Å²) in [6.07, 6.45) is 4.01. The van der Waals surface area contributed by atoms with E-state index in [1.807, 2.05) is 73.3 Å². The van der Waals surface area contributed by atoms with Gasteiger partial charge in [-0.05, 0) is 5.56 Å². The van der Waals surface area contributed by atoms with Crippen LogP contribution in [-0.2, 0) is 11.3 Å². The lowest BCUT2D eigenvalue weighted by Gasteiger charge is -2.02. The molecule has 2 aromatic rings. The Hall–Kier alpha value is -2.16. The first kappa shape index (κ1) is 14.9. The molecule has 19 heavy (non-hydrogen) atoms. The smallest absolute Gasteiger partial charge is 0.217 e. The summed E-state index contributed by atoms with van der Waals surface area (Å²) in [6.45, 7) is 6.10. The van der Waals surface area contributed by atoms with Crippen LogP contribution in [0, 0.1) is 0 Å². The van der Waals surface area contributed by atoms with Crippen LogP contribution in [0.3, 0.4) is 0 Å². The van der Waals surface area contributed by atoms with Crippen LogP contribution < -0.4 is 9.88 Å². The molecule has 0 bridgehead atoms. The maximum atomic E-state index is 10.8. The summed E-state index contributed by atoms with van der Waals surface area (Å²) in [5.74, 6) is -0.00786. The van der Waals surface area contributed by atoms with Gasteiger partial charge in [0, 0.05) is 37.7 Å². The maximum absolute atomic E-state index is 10.8. The van der Waals surface area contributed by atoms with Crippen molar-refractivity contribution < 1.29 is 9.36 Å². The van der Waals surface area contributed by atoms with Crippen molar-refractivity contribution in [2.75, 3.05) is 0 Å². The molecule has 0 fully saturated rings. The number of carbonyl (C=O) groups is 1. The van der Waals surface area contributed by atoms with Crippen LogP contribution in [0.1, 0.15) is 26.3 Å². The second-order valence-corrected chi connectivity index (χ2v) is 3.86. The molecule has 100 valence electrons. The van der Waals surface area contributed by atoms with Crippen LogP contribution in [-0.4, -0.2) is 5.91 Å². The highest BCUT2D eigenvalue weighted by Gasteiger charge is 2.03. The van der Waals surface area contributed by atoms with E-state index in [1.54, 1.807) is 0 Å². The minimum Gasteiger partial charge on any atom is -0.352 e. The molecule has 0 spiro atoms. The van der Waals surface area contributed by atoms with E-state index in [1.165, 1.54) is 6.92 Å². The molecule has 0 radical (unpaired) electrons. The number of hydrogen-bond acceptors (Lipinski definition) is 1. The van der Waals surface area contributed by atoms with Gasteiger partial charge in [0.05, 0.1) is 0 Å². The van der Waals surface area contributed by atoms with Gasteiger partial charge in [-0.15, -0.1) is 0 Å². The van der Waals surface area contributed by atoms with Crippen LogP contribution in [0.25, 0.3) is 5.69 Å². The van der Waals surface area contributed by atoms with E-state index in [0.717, 1.165) is 11.3 Å². The number of nitrogens with one attached hydrogen (secondary N) is 1. The Morgan fingerprint density at radius 2 is 1.63 bits per heavy atom. The van der Waals surface area contributed by atoms with Crippen molar-refractivity contribution in [2.24, 2.45) is 0 Å². The molecular formula is C16H21N2O+. The first-order valence-corrected chi connectivity index (χ1v) is 6.56. The fourth-order valence-electron chi connectivity index (χ4n) is 1.58. The molecule has 3 heteroatoms. The topological polar surface area (TPSA) is 33.0 Å². The molecule has 1 aromatic heterocycles. The Morgan fingerprint density at radius 1 is 1.05 bits per heavy atom. The molecular weight excluding hydrogens is 236 g/mol. The van der Waals surface area contributed by atoms with Crippen LogP contribution >= 0.6 is 0 Å². The van der Waals surface area contributed by atoms with Crippen molar-refractivity contribution >= 4 is 5.91 Å². The summed E-state index contributed by atoms with van der Waals surface area (Å²) < 4.78 is 2.04. The van der Waals surface area contributed by atoms with Crippen molar-refractivity contribution in [2.45, 2.75) is 27.3 Å². The molecule has 0 aliphatic carbocycles. The van der Waals surface area contributed by atoms with Crippen molar-refractivity contribution in [1.29, 1.82) is 0 Å². The third-order valence-corrected chi connectivity index (χ3v) is 2.49. The highest BCUT2D eigenvalue weighted by atomic mass is 16.1. The number of benzene rings is 1. The average Bonchev–Trinajstić information content (AvgIpc) is 2.49. The van der Waals surface area contributed by atoms with E-state index in [4.69, 9.17) is 0 Å². The number of aromatic nitrogens is 1. The summed E-state index contributed by atoms with van der Waals surface area (Å²) in [7, 11) is 0. The molecule has 0 aliphatic rings. The Balaban J connectivity index is 0.000000861. The van der Waals surface area contributed by atoms with Gasteiger partial charge < -0.3 is 5.32 Å². The van der Waals surface area contributed by atoms with Gasteiger partial charge in [0.15, 0.2) is 12.4 Å². The van der Waals surface area contributed by atoms with Crippen molar-refractivity contribution in [3.8, 4) is 5.69 Å². The number of hydrogen-bond donors (Lipinski definition) is 1. The average molecular weight is 257 g/mol. The summed E-state index contributed by atoms with van der Waals surface area (Å²) >= 11 is 0. The predicted octanol–water partition coefficient (Wildman–Crippen LogP) is 2.63. The lowest BCUT2D eigenvalue weighted by atomic mass is 10.2. The van der Waals surface area contributed by atoms with Gasteiger partial charge in [-0.1, -0.05) is 32.0 Å². The van der Waals surface area contributed by atoms with E-state index >= 15 is 0 Å². The molecule has 0 saturated carbocycles. The second-order valence-electron chi connectivity index (χ2n) is 3.86. The lowest BCUT2D eigenvalue weighted by molar-refractivity contribution is -0.595. The van der Waals surface area contributed by atoms with E-state index in [9.17, 15) is 4.79 Å². The van der Waals surface area contributed by atoms with Gasteiger partial charge in [-0.3, -0.25) is 4.79 Å². The monoisotopic (exact) mass is 257 g/mol. The van der Waals surface area contributed by atoms with Crippen molar-refractivity contribution in [3.05, 3.63) is 60.4 Å². The summed E-state index contributed by atoms with van der Waals surface area (Å²) in [5.41, 5.74) is 2.21. The van der Waals surface area contributed by atoms with E-state index in [-0.39, 0.29) is 5.91 Å². The molecule has 0 atom stereocenters. The highest BCUT2D eigenvalue weighted by Crippen LogP contribution is 2.03. The minimum atomic E-state index is -0.00786. The number of amides is 1. The lowest BCUT2D eigenvalue weighted by Crippen LogP contribution is -2.28. The number of rotatable bonds is 3. The normalized spacial score (nSPS) is 9.21. The Labute approximate surface area is 114 Å². The number of pyridine rings is 1. The highest BCUT2D eigenvalue weighted by molar-refractivity contribution is 5.72.